The third-order valence-corrected chi connectivity index (χ3v) is 4.94. The number of benzene rings is 1. The van der Waals surface area contributed by atoms with Crippen molar-refractivity contribution in [2.75, 3.05) is 31.3 Å². The fourth-order valence-electron chi connectivity index (χ4n) is 3.06. The van der Waals surface area contributed by atoms with Crippen molar-refractivity contribution < 1.29 is 4.79 Å². The van der Waals surface area contributed by atoms with E-state index in [-0.39, 0.29) is 11.8 Å². The number of likely N-dealkylation sites (N-methyl/N-ethyl adjacent to an activating group) is 1. The molecule has 0 spiro atoms. The van der Waals surface area contributed by atoms with E-state index >= 15 is 0 Å². The highest BCUT2D eigenvalue weighted by molar-refractivity contribution is 6.32. The van der Waals surface area contributed by atoms with Gasteiger partial charge in [0, 0.05) is 26.2 Å². The minimum absolute atomic E-state index is 0.0759. The van der Waals surface area contributed by atoms with Crippen LogP contribution in [0.3, 0.4) is 0 Å². The Labute approximate surface area is 193 Å². The predicted octanol–water partition coefficient (Wildman–Crippen LogP) is 4.01. The molecule has 3 aromatic rings. The quantitative estimate of drug-likeness (QED) is 0.448. The van der Waals surface area contributed by atoms with Gasteiger partial charge in [0.25, 0.3) is 0 Å². The summed E-state index contributed by atoms with van der Waals surface area (Å²) in [6.07, 6.45) is 8.96. The van der Waals surface area contributed by atoms with E-state index in [0.717, 1.165) is 23.4 Å². The topological polar surface area (TPSA) is 88.0 Å². The zero-order chi connectivity index (χ0) is 23.1. The van der Waals surface area contributed by atoms with E-state index in [9.17, 15) is 4.79 Å². The van der Waals surface area contributed by atoms with Gasteiger partial charge in [-0.25, -0.2) is 4.98 Å². The first-order valence-electron chi connectivity index (χ1n) is 10.3. The second-order valence-electron chi connectivity index (χ2n) is 7.84. The molecule has 0 fully saturated rings. The van der Waals surface area contributed by atoms with Gasteiger partial charge in [0.05, 0.1) is 24.1 Å². The van der Waals surface area contributed by atoms with Crippen LogP contribution in [-0.2, 0) is 18.3 Å². The summed E-state index contributed by atoms with van der Waals surface area (Å²) in [4.78, 5) is 23.0. The van der Waals surface area contributed by atoms with Gasteiger partial charge in [0.2, 0.25) is 5.95 Å². The van der Waals surface area contributed by atoms with Gasteiger partial charge in [0.1, 0.15) is 5.02 Å². The Balaban J connectivity index is 1.67. The van der Waals surface area contributed by atoms with E-state index in [1.165, 1.54) is 0 Å². The number of carbonyl (C=O) groups excluding carboxylic acids is 1. The second-order valence-corrected chi connectivity index (χ2v) is 8.24. The largest absolute Gasteiger partial charge is 0.362 e. The molecule has 0 saturated heterocycles. The summed E-state index contributed by atoms with van der Waals surface area (Å²) in [5.41, 5.74) is 2.78. The van der Waals surface area contributed by atoms with Gasteiger partial charge >= 0.3 is 0 Å². The van der Waals surface area contributed by atoms with Gasteiger partial charge in [-0.2, -0.15) is 10.1 Å². The van der Waals surface area contributed by atoms with E-state index < -0.39 is 0 Å². The Hall–Kier alpha value is -3.23. The van der Waals surface area contributed by atoms with Crippen LogP contribution in [-0.4, -0.2) is 51.1 Å². The lowest BCUT2D eigenvalue weighted by Crippen LogP contribution is -2.11. The molecular formula is C23H28ClN7O. The van der Waals surface area contributed by atoms with Crippen LogP contribution in [0.1, 0.15) is 24.1 Å². The van der Waals surface area contributed by atoms with Crippen LogP contribution in [0.25, 0.3) is 0 Å². The maximum Gasteiger partial charge on any atom is 0.229 e. The van der Waals surface area contributed by atoms with Gasteiger partial charge in [0.15, 0.2) is 11.6 Å². The normalized spacial score (nSPS) is 12.3. The van der Waals surface area contributed by atoms with Crippen LogP contribution >= 0.6 is 11.6 Å². The van der Waals surface area contributed by atoms with Crippen molar-refractivity contribution in [3.63, 3.8) is 0 Å². The lowest BCUT2D eigenvalue weighted by Gasteiger charge is -2.17. The first-order chi connectivity index (χ1) is 15.3. The summed E-state index contributed by atoms with van der Waals surface area (Å²) in [6.45, 7) is 2.76. The summed E-state index contributed by atoms with van der Waals surface area (Å²) in [6, 6.07) is 7.88. The highest BCUT2D eigenvalue weighted by Crippen LogP contribution is 2.26. The highest BCUT2D eigenvalue weighted by Gasteiger charge is 2.12. The minimum Gasteiger partial charge on any atom is -0.362 e. The standard InChI is InChI=1S/C23H28ClN7O/c1-16(18-8-5-7-17(11-18)12-20(32)9-6-10-30(2)3)27-22-21(24)14-25-23(29-22)28-19-13-26-31(4)15-19/h5-9,11,13-16H,10,12H2,1-4H3,(H2,25,27,28,29)/b9-6+. The molecule has 8 nitrogen and oxygen atoms in total. The molecule has 0 amide bonds. The Morgan fingerprint density at radius 2 is 2.12 bits per heavy atom. The zero-order valence-electron chi connectivity index (χ0n) is 18.7. The number of allylic oxidation sites excluding steroid dienone is 1. The third kappa shape index (κ3) is 6.90. The molecule has 2 N–H and O–H groups in total. The van der Waals surface area contributed by atoms with Crippen molar-refractivity contribution in [3.05, 3.63) is 71.2 Å². The molecule has 0 aliphatic heterocycles. The monoisotopic (exact) mass is 453 g/mol. The third-order valence-electron chi connectivity index (χ3n) is 4.66. The lowest BCUT2D eigenvalue weighted by atomic mass is 10.0. The molecule has 168 valence electrons. The van der Waals surface area contributed by atoms with E-state index in [1.54, 1.807) is 23.2 Å². The summed E-state index contributed by atoms with van der Waals surface area (Å²) in [5.74, 6) is 1.02. The SMILES string of the molecule is CC(Nc1nc(Nc2cnn(C)c2)ncc1Cl)c1cccc(CC(=O)/C=C/CN(C)C)c1. The molecule has 0 radical (unpaired) electrons. The Kier molecular flexibility index (Phi) is 7.97. The van der Waals surface area contributed by atoms with Crippen molar-refractivity contribution in [1.82, 2.24) is 24.6 Å². The molecule has 2 aromatic heterocycles. The van der Waals surface area contributed by atoms with Crippen LogP contribution < -0.4 is 10.6 Å². The second kappa shape index (κ2) is 10.9. The number of aryl methyl sites for hydroxylation is 1. The highest BCUT2D eigenvalue weighted by atomic mass is 35.5. The molecule has 1 aromatic carbocycles. The zero-order valence-corrected chi connectivity index (χ0v) is 19.5. The molecular weight excluding hydrogens is 426 g/mol. The fourth-order valence-corrected chi connectivity index (χ4v) is 3.20. The number of ketones is 1. The molecule has 32 heavy (non-hydrogen) atoms. The van der Waals surface area contributed by atoms with Gasteiger partial charge in [-0.3, -0.25) is 9.48 Å². The smallest absolute Gasteiger partial charge is 0.229 e. The summed E-state index contributed by atoms with van der Waals surface area (Å²) >= 11 is 6.32. The average molecular weight is 454 g/mol. The Morgan fingerprint density at radius 3 is 2.84 bits per heavy atom. The van der Waals surface area contributed by atoms with Crippen molar-refractivity contribution in [2.45, 2.75) is 19.4 Å². The van der Waals surface area contributed by atoms with E-state index in [0.29, 0.717) is 23.2 Å². The summed E-state index contributed by atoms with van der Waals surface area (Å²) in [7, 11) is 5.77. The van der Waals surface area contributed by atoms with E-state index in [2.05, 4.69) is 25.7 Å². The molecule has 0 aliphatic carbocycles. The molecule has 0 saturated carbocycles. The van der Waals surface area contributed by atoms with Gasteiger partial charge < -0.3 is 15.5 Å². The van der Waals surface area contributed by atoms with Crippen molar-refractivity contribution >= 4 is 34.8 Å². The van der Waals surface area contributed by atoms with Crippen molar-refractivity contribution in [2.24, 2.45) is 7.05 Å². The number of rotatable bonds is 10. The summed E-state index contributed by atoms with van der Waals surface area (Å²) < 4.78 is 1.69. The average Bonchev–Trinajstić information content (AvgIpc) is 3.15. The molecule has 0 aliphatic rings. The van der Waals surface area contributed by atoms with Gasteiger partial charge in [-0.1, -0.05) is 41.9 Å². The van der Waals surface area contributed by atoms with Crippen LogP contribution in [0.2, 0.25) is 5.02 Å². The number of carbonyl (C=O) groups is 1. The van der Waals surface area contributed by atoms with Gasteiger partial charge in [-0.15, -0.1) is 0 Å². The first kappa shape index (κ1) is 23.4. The Bertz CT molecular complexity index is 1090. The number of hydrogen-bond donors (Lipinski definition) is 2. The Morgan fingerprint density at radius 1 is 1.31 bits per heavy atom. The van der Waals surface area contributed by atoms with Crippen LogP contribution in [0.5, 0.6) is 0 Å². The van der Waals surface area contributed by atoms with E-state index in [4.69, 9.17) is 11.6 Å². The number of nitrogens with zero attached hydrogens (tertiary/aromatic N) is 5. The maximum absolute atomic E-state index is 12.2. The van der Waals surface area contributed by atoms with Crippen LogP contribution in [0, 0.1) is 0 Å². The van der Waals surface area contributed by atoms with Crippen LogP contribution in [0.4, 0.5) is 17.5 Å². The van der Waals surface area contributed by atoms with Crippen LogP contribution in [0.15, 0.2) is 55.0 Å². The number of nitrogens with one attached hydrogen (secondary N) is 2. The van der Waals surface area contributed by atoms with Crippen molar-refractivity contribution in [3.8, 4) is 0 Å². The molecule has 2 heterocycles. The van der Waals surface area contributed by atoms with E-state index in [1.807, 2.05) is 69.5 Å². The predicted molar refractivity (Wildman–Crippen MR) is 128 cm³/mol. The maximum atomic E-state index is 12.2. The molecule has 1 atom stereocenters. The van der Waals surface area contributed by atoms with Crippen molar-refractivity contribution in [1.29, 1.82) is 0 Å². The number of aromatic nitrogens is 4. The number of anilines is 3. The lowest BCUT2D eigenvalue weighted by molar-refractivity contribution is -0.114. The minimum atomic E-state index is -0.0759. The molecule has 9 heteroatoms. The first-order valence-corrected chi connectivity index (χ1v) is 10.7. The molecule has 3 rings (SSSR count). The van der Waals surface area contributed by atoms with Gasteiger partial charge in [-0.05, 0) is 38.2 Å². The number of halogens is 1. The molecule has 0 bridgehead atoms. The fraction of sp³-hybridized carbons (Fsp3) is 0.304. The number of hydrogen-bond acceptors (Lipinski definition) is 7. The molecule has 1 unspecified atom stereocenters. The summed E-state index contributed by atoms with van der Waals surface area (Å²) in [5, 5.41) is 11.0.